The molecule has 9 heteroatoms. The lowest BCUT2D eigenvalue weighted by atomic mass is 10.2. The van der Waals surface area contributed by atoms with Crippen LogP contribution in [-0.4, -0.2) is 28.0 Å². The van der Waals surface area contributed by atoms with Gasteiger partial charge in [0.2, 0.25) is 5.91 Å². The Morgan fingerprint density at radius 2 is 2.03 bits per heavy atom. The predicted molar refractivity (Wildman–Crippen MR) is 136 cm³/mol. The molecule has 0 unspecified atom stereocenters. The highest BCUT2D eigenvalue weighted by atomic mass is 35.5. The van der Waals surface area contributed by atoms with Crippen molar-refractivity contribution in [3.63, 3.8) is 0 Å². The summed E-state index contributed by atoms with van der Waals surface area (Å²) in [5.41, 5.74) is 3.74. The number of fused-ring (bicyclic) bond motifs is 1. The number of hydrogen-bond acceptors (Lipinski definition) is 6. The van der Waals surface area contributed by atoms with Crippen molar-refractivity contribution in [3.05, 3.63) is 75.8 Å². The van der Waals surface area contributed by atoms with Gasteiger partial charge in [-0.3, -0.25) is 9.79 Å². The van der Waals surface area contributed by atoms with Gasteiger partial charge in [-0.05, 0) is 61.0 Å². The number of hydrogen-bond donors (Lipinski definition) is 2. The molecule has 0 aliphatic carbocycles. The maximum Gasteiger partial charge on any atom is 0.234 e. The van der Waals surface area contributed by atoms with Crippen molar-refractivity contribution in [2.24, 2.45) is 4.99 Å². The summed E-state index contributed by atoms with van der Waals surface area (Å²) >= 11 is 15.0. The third-order valence-corrected chi connectivity index (χ3v) is 7.28. The summed E-state index contributed by atoms with van der Waals surface area (Å²) in [7, 11) is 0. The van der Waals surface area contributed by atoms with Crippen molar-refractivity contribution in [3.8, 4) is 5.75 Å². The number of aromatic nitrogens is 1. The van der Waals surface area contributed by atoms with Crippen LogP contribution in [0.3, 0.4) is 0 Å². The highest BCUT2D eigenvalue weighted by Crippen LogP contribution is 2.32. The van der Waals surface area contributed by atoms with Crippen LogP contribution in [-0.2, 0) is 4.79 Å². The Morgan fingerprint density at radius 3 is 2.84 bits per heavy atom. The average Bonchev–Trinajstić information content (AvgIpc) is 3.18. The number of benzene rings is 3. The van der Waals surface area contributed by atoms with Crippen molar-refractivity contribution in [1.29, 1.82) is 0 Å². The minimum atomic E-state index is -0.124. The van der Waals surface area contributed by atoms with E-state index >= 15 is 0 Å². The fraction of sp³-hybridized carbons (Fsp3) is 0.0870. The molecule has 0 fully saturated rings. The maximum atomic E-state index is 12.3. The van der Waals surface area contributed by atoms with Gasteiger partial charge in [0.25, 0.3) is 0 Å². The van der Waals surface area contributed by atoms with Crippen LogP contribution in [0.25, 0.3) is 10.2 Å². The van der Waals surface area contributed by atoms with E-state index in [-0.39, 0.29) is 17.4 Å². The molecule has 5 nitrogen and oxygen atoms in total. The van der Waals surface area contributed by atoms with Crippen LogP contribution in [0.1, 0.15) is 11.1 Å². The zero-order valence-corrected chi connectivity index (χ0v) is 19.9. The lowest BCUT2D eigenvalue weighted by Gasteiger charge is -2.06. The van der Waals surface area contributed by atoms with Crippen molar-refractivity contribution in [1.82, 2.24) is 4.98 Å². The van der Waals surface area contributed by atoms with Crippen molar-refractivity contribution >= 4 is 80.0 Å². The zero-order valence-electron chi connectivity index (χ0n) is 16.8. The second-order valence-corrected chi connectivity index (χ2v) is 9.99. The molecule has 0 aliphatic rings. The van der Waals surface area contributed by atoms with Crippen LogP contribution in [0.2, 0.25) is 10.0 Å². The Morgan fingerprint density at radius 1 is 1.19 bits per heavy atom. The number of phenolic OH excluding ortho intramolecular Hbond substituents is 1. The molecule has 0 spiro atoms. The summed E-state index contributed by atoms with van der Waals surface area (Å²) in [4.78, 5) is 21.3. The molecule has 0 aliphatic heterocycles. The minimum absolute atomic E-state index is 0.113. The second-order valence-electron chi connectivity index (χ2n) is 6.89. The van der Waals surface area contributed by atoms with E-state index in [9.17, 15) is 9.90 Å². The number of thiazole rings is 1. The second kappa shape index (κ2) is 9.92. The van der Waals surface area contributed by atoms with Crippen LogP contribution in [0.5, 0.6) is 5.75 Å². The van der Waals surface area contributed by atoms with Crippen molar-refractivity contribution in [2.75, 3.05) is 11.1 Å². The van der Waals surface area contributed by atoms with Gasteiger partial charge in [-0.15, -0.1) is 11.3 Å². The van der Waals surface area contributed by atoms with Crippen LogP contribution in [0, 0.1) is 6.92 Å². The van der Waals surface area contributed by atoms with Gasteiger partial charge in [0.1, 0.15) is 5.75 Å². The van der Waals surface area contributed by atoms with Gasteiger partial charge < -0.3 is 10.4 Å². The Balaban J connectivity index is 1.41. The van der Waals surface area contributed by atoms with Gasteiger partial charge in [0.15, 0.2) is 4.34 Å². The highest BCUT2D eigenvalue weighted by molar-refractivity contribution is 8.01. The molecule has 0 saturated carbocycles. The summed E-state index contributed by atoms with van der Waals surface area (Å²) in [6.07, 6.45) is 1.57. The number of amides is 1. The van der Waals surface area contributed by atoms with E-state index in [1.807, 2.05) is 37.3 Å². The number of aromatic hydroxyl groups is 1. The van der Waals surface area contributed by atoms with E-state index in [0.29, 0.717) is 21.3 Å². The Labute approximate surface area is 203 Å². The fourth-order valence-electron chi connectivity index (χ4n) is 2.80. The van der Waals surface area contributed by atoms with E-state index in [1.165, 1.54) is 29.2 Å². The van der Waals surface area contributed by atoms with E-state index in [0.717, 1.165) is 25.8 Å². The molecular formula is C23H17Cl2N3O2S2. The number of phenols is 1. The van der Waals surface area contributed by atoms with Gasteiger partial charge >= 0.3 is 0 Å². The van der Waals surface area contributed by atoms with Crippen molar-refractivity contribution < 1.29 is 9.90 Å². The molecule has 0 bridgehead atoms. The normalized spacial score (nSPS) is 11.3. The molecule has 1 amide bonds. The molecular weight excluding hydrogens is 485 g/mol. The van der Waals surface area contributed by atoms with Gasteiger partial charge in [0.05, 0.1) is 21.7 Å². The lowest BCUT2D eigenvalue weighted by Crippen LogP contribution is -2.13. The monoisotopic (exact) mass is 501 g/mol. The summed E-state index contributed by atoms with van der Waals surface area (Å²) in [6, 6.07) is 15.9. The first-order chi connectivity index (χ1) is 15.4. The number of nitrogens with one attached hydrogen (secondary N) is 1. The SMILES string of the molecule is Cc1ccc(NC(=O)CSc2nc3ccc(N=Cc4cc(Cl)ccc4O)cc3s2)cc1Cl. The number of rotatable bonds is 6. The van der Waals surface area contributed by atoms with Gasteiger partial charge in [0, 0.05) is 27.5 Å². The number of carbonyl (C=O) groups is 1. The van der Waals surface area contributed by atoms with E-state index in [2.05, 4.69) is 15.3 Å². The Hall–Kier alpha value is -2.58. The van der Waals surface area contributed by atoms with Gasteiger partial charge in [-0.1, -0.05) is 41.0 Å². The number of thioether (sulfide) groups is 1. The Kier molecular flexibility index (Phi) is 7.01. The molecule has 4 rings (SSSR count). The zero-order chi connectivity index (χ0) is 22.7. The standard InChI is InChI=1S/C23H17Cl2N3O2S2/c1-13-2-4-17(9-18(13)25)27-22(30)12-31-23-28-19-6-5-16(10-21(19)32-23)26-11-14-8-15(24)3-7-20(14)29/h2-11,29H,12H2,1H3,(H,27,30). The minimum Gasteiger partial charge on any atom is -0.507 e. The molecule has 3 aromatic carbocycles. The third-order valence-electron chi connectivity index (χ3n) is 4.48. The topological polar surface area (TPSA) is 74.6 Å². The fourth-order valence-corrected chi connectivity index (χ4v) is 5.06. The quantitative estimate of drug-likeness (QED) is 0.218. The number of aryl methyl sites for hydroxylation is 1. The number of carbonyl (C=O) groups excluding carboxylic acids is 1. The summed E-state index contributed by atoms with van der Waals surface area (Å²) in [6.45, 7) is 1.91. The average molecular weight is 502 g/mol. The first-order valence-corrected chi connectivity index (χ1v) is 12.1. The Bertz CT molecular complexity index is 1340. The first-order valence-electron chi connectivity index (χ1n) is 9.49. The van der Waals surface area contributed by atoms with Gasteiger partial charge in [-0.2, -0.15) is 0 Å². The largest absolute Gasteiger partial charge is 0.507 e. The van der Waals surface area contributed by atoms with Gasteiger partial charge in [-0.25, -0.2) is 4.98 Å². The summed E-state index contributed by atoms with van der Waals surface area (Å²) < 4.78 is 1.76. The van der Waals surface area contributed by atoms with Crippen molar-refractivity contribution in [2.45, 2.75) is 11.3 Å². The lowest BCUT2D eigenvalue weighted by molar-refractivity contribution is -0.113. The molecule has 162 valence electrons. The molecule has 4 aromatic rings. The first kappa shape index (κ1) is 22.6. The van der Waals surface area contributed by atoms with Crippen LogP contribution >= 0.6 is 46.3 Å². The third kappa shape index (κ3) is 5.61. The number of halogens is 2. The predicted octanol–water partition coefficient (Wildman–Crippen LogP) is 7.10. The smallest absolute Gasteiger partial charge is 0.234 e. The van der Waals surface area contributed by atoms with Crippen LogP contribution in [0.4, 0.5) is 11.4 Å². The summed E-state index contributed by atoms with van der Waals surface area (Å²) in [5.74, 6) is 0.229. The van der Waals surface area contributed by atoms with Crippen LogP contribution < -0.4 is 5.32 Å². The van der Waals surface area contributed by atoms with E-state index in [1.54, 1.807) is 24.4 Å². The molecule has 32 heavy (non-hydrogen) atoms. The molecule has 0 saturated heterocycles. The van der Waals surface area contributed by atoms with E-state index in [4.69, 9.17) is 23.2 Å². The number of nitrogens with zero attached hydrogens (tertiary/aromatic N) is 2. The molecule has 1 heterocycles. The van der Waals surface area contributed by atoms with E-state index < -0.39 is 0 Å². The number of aliphatic imine (C=N–C) groups is 1. The molecule has 0 radical (unpaired) electrons. The highest BCUT2D eigenvalue weighted by Gasteiger charge is 2.09. The molecule has 1 aromatic heterocycles. The maximum absolute atomic E-state index is 12.3. The molecule has 2 N–H and O–H groups in total. The molecule has 0 atom stereocenters. The summed E-state index contributed by atoms with van der Waals surface area (Å²) in [5, 5.41) is 13.9. The van der Waals surface area contributed by atoms with Crippen LogP contribution in [0.15, 0.2) is 63.9 Å². The number of anilines is 1.